The molecule has 0 aliphatic carbocycles. The van der Waals surface area contributed by atoms with Gasteiger partial charge in [-0.1, -0.05) is 6.07 Å². The van der Waals surface area contributed by atoms with Crippen molar-refractivity contribution in [1.82, 2.24) is 0 Å². The van der Waals surface area contributed by atoms with Gasteiger partial charge in [-0.25, -0.2) is 0 Å². The van der Waals surface area contributed by atoms with Gasteiger partial charge in [-0.05, 0) is 12.1 Å². The van der Waals surface area contributed by atoms with Crippen LogP contribution >= 0.6 is 0 Å². The smallest absolute Gasteiger partial charge is 0.400 e. The third-order valence-electron chi connectivity index (χ3n) is 1.52. The molecular formula is C9H10F3NO2. The number of carbonyl (C=O) groups excluding carboxylic acids is 1. The molecule has 3 N–H and O–H groups in total. The summed E-state index contributed by atoms with van der Waals surface area (Å²) in [6, 6.07) is 2.86. The minimum absolute atomic E-state index is 0.130. The Morgan fingerprint density at radius 2 is 1.87 bits per heavy atom. The number of nitrogens with two attached hydrogens (primary N) is 1. The first kappa shape index (κ1) is 13.4. The van der Waals surface area contributed by atoms with Crippen LogP contribution in [-0.4, -0.2) is 18.5 Å². The fourth-order valence-corrected chi connectivity index (χ4v) is 0.913. The Morgan fingerprint density at radius 1 is 1.33 bits per heavy atom. The fraction of sp³-hybridized carbons (Fsp3) is 0.222. The highest BCUT2D eigenvalue weighted by Crippen LogP contribution is 2.33. The Labute approximate surface area is 84.3 Å². The van der Waals surface area contributed by atoms with E-state index in [1.165, 1.54) is 0 Å². The molecule has 1 rings (SSSR count). The van der Waals surface area contributed by atoms with Crippen LogP contribution in [0.1, 0.15) is 15.9 Å². The molecule has 0 unspecified atom stereocenters. The molecule has 0 heterocycles. The molecule has 1 aromatic rings. The van der Waals surface area contributed by atoms with Gasteiger partial charge in [-0.15, -0.1) is 0 Å². The van der Waals surface area contributed by atoms with Crippen molar-refractivity contribution in [2.45, 2.75) is 6.18 Å². The predicted molar refractivity (Wildman–Crippen MR) is 49.4 cm³/mol. The lowest BCUT2D eigenvalue weighted by Crippen LogP contribution is -2.08. The summed E-state index contributed by atoms with van der Waals surface area (Å²) in [6.07, 6.45) is -4.03. The minimum Gasteiger partial charge on any atom is -0.400 e. The van der Waals surface area contributed by atoms with Crippen LogP contribution in [0.15, 0.2) is 18.2 Å². The highest BCUT2D eigenvalue weighted by atomic mass is 19.4. The molecule has 0 spiro atoms. The number of aliphatic hydroxyl groups excluding tert-OH is 1. The van der Waals surface area contributed by atoms with Crippen LogP contribution in [0.3, 0.4) is 0 Å². The summed E-state index contributed by atoms with van der Waals surface area (Å²) < 4.78 is 36.3. The van der Waals surface area contributed by atoms with Crippen molar-refractivity contribution in [3.63, 3.8) is 0 Å². The lowest BCUT2D eigenvalue weighted by molar-refractivity contribution is -0.136. The van der Waals surface area contributed by atoms with Crippen molar-refractivity contribution < 1.29 is 23.1 Å². The molecule has 0 aliphatic heterocycles. The maximum atomic E-state index is 12.1. The molecular weight excluding hydrogens is 211 g/mol. The topological polar surface area (TPSA) is 63.3 Å². The standard InChI is InChI=1S/C8H6F3NO.CH4O/c9-8(10,11)6-2-1-5(4-13)3-7(6)12;1-2/h1-4H,12H2;2H,1H3. The summed E-state index contributed by atoms with van der Waals surface area (Å²) in [6.45, 7) is 0. The molecule has 0 saturated carbocycles. The normalized spacial score (nSPS) is 10.2. The molecule has 0 saturated heterocycles. The van der Waals surface area contributed by atoms with Gasteiger partial charge < -0.3 is 10.8 Å². The lowest BCUT2D eigenvalue weighted by Gasteiger charge is -2.09. The number of aldehydes is 1. The molecule has 15 heavy (non-hydrogen) atoms. The molecule has 0 atom stereocenters. The summed E-state index contributed by atoms with van der Waals surface area (Å²) in [4.78, 5) is 10.2. The molecule has 84 valence electrons. The fourth-order valence-electron chi connectivity index (χ4n) is 0.913. The Kier molecular flexibility index (Phi) is 4.80. The summed E-state index contributed by atoms with van der Waals surface area (Å²) >= 11 is 0. The van der Waals surface area contributed by atoms with E-state index >= 15 is 0 Å². The van der Waals surface area contributed by atoms with E-state index in [0.29, 0.717) is 6.29 Å². The number of aliphatic hydroxyl groups is 1. The van der Waals surface area contributed by atoms with Gasteiger partial charge in [0.1, 0.15) is 6.29 Å². The van der Waals surface area contributed by atoms with E-state index in [9.17, 15) is 18.0 Å². The maximum Gasteiger partial charge on any atom is 0.418 e. The number of nitrogen functional groups attached to an aromatic ring is 1. The Hall–Kier alpha value is -1.56. The molecule has 0 radical (unpaired) electrons. The van der Waals surface area contributed by atoms with Gasteiger partial charge >= 0.3 is 6.18 Å². The van der Waals surface area contributed by atoms with Crippen LogP contribution in [0.4, 0.5) is 18.9 Å². The zero-order chi connectivity index (χ0) is 12.1. The van der Waals surface area contributed by atoms with Crippen LogP contribution in [0, 0.1) is 0 Å². The second-order valence-electron chi connectivity index (χ2n) is 2.46. The zero-order valence-electron chi connectivity index (χ0n) is 7.88. The summed E-state index contributed by atoms with van der Waals surface area (Å²) in [5, 5.41) is 7.00. The van der Waals surface area contributed by atoms with E-state index in [1.54, 1.807) is 0 Å². The van der Waals surface area contributed by atoms with Crippen LogP contribution in [0.25, 0.3) is 0 Å². The molecule has 0 amide bonds. The zero-order valence-corrected chi connectivity index (χ0v) is 7.88. The molecule has 1 aromatic carbocycles. The van der Waals surface area contributed by atoms with Crippen LogP contribution < -0.4 is 5.73 Å². The highest BCUT2D eigenvalue weighted by molar-refractivity contribution is 5.77. The van der Waals surface area contributed by atoms with Crippen molar-refractivity contribution in [2.75, 3.05) is 12.8 Å². The van der Waals surface area contributed by atoms with Gasteiger partial charge in [0, 0.05) is 18.4 Å². The summed E-state index contributed by atoms with van der Waals surface area (Å²) in [5.41, 5.74) is 3.88. The van der Waals surface area contributed by atoms with Crippen LogP contribution in [-0.2, 0) is 6.18 Å². The average molecular weight is 221 g/mol. The third kappa shape index (κ3) is 3.59. The Morgan fingerprint density at radius 3 is 2.20 bits per heavy atom. The van der Waals surface area contributed by atoms with Crippen LogP contribution in [0.5, 0.6) is 0 Å². The van der Waals surface area contributed by atoms with E-state index in [1.807, 2.05) is 0 Å². The number of benzene rings is 1. The van der Waals surface area contributed by atoms with Crippen molar-refractivity contribution >= 4 is 12.0 Å². The second kappa shape index (κ2) is 5.35. The summed E-state index contributed by atoms with van der Waals surface area (Å²) in [5.74, 6) is 0. The molecule has 0 bridgehead atoms. The highest BCUT2D eigenvalue weighted by Gasteiger charge is 2.32. The lowest BCUT2D eigenvalue weighted by atomic mass is 10.1. The van der Waals surface area contributed by atoms with E-state index in [4.69, 9.17) is 10.8 Å². The van der Waals surface area contributed by atoms with E-state index in [-0.39, 0.29) is 5.56 Å². The quantitative estimate of drug-likeness (QED) is 0.560. The third-order valence-corrected chi connectivity index (χ3v) is 1.52. The number of alkyl halides is 3. The minimum atomic E-state index is -4.47. The Balaban J connectivity index is 0.000000921. The van der Waals surface area contributed by atoms with Crippen molar-refractivity contribution in [2.24, 2.45) is 0 Å². The number of hydrogen-bond donors (Lipinski definition) is 2. The van der Waals surface area contributed by atoms with Gasteiger partial charge in [-0.3, -0.25) is 4.79 Å². The van der Waals surface area contributed by atoms with Crippen molar-refractivity contribution in [1.29, 1.82) is 0 Å². The van der Waals surface area contributed by atoms with Crippen molar-refractivity contribution in [3.8, 4) is 0 Å². The van der Waals surface area contributed by atoms with Gasteiger partial charge in [-0.2, -0.15) is 13.2 Å². The number of carbonyl (C=O) groups is 1. The van der Waals surface area contributed by atoms with Crippen LogP contribution in [0.2, 0.25) is 0 Å². The van der Waals surface area contributed by atoms with Gasteiger partial charge in [0.15, 0.2) is 0 Å². The average Bonchev–Trinajstić information content (AvgIpc) is 2.18. The Bertz CT molecular complexity index is 337. The number of rotatable bonds is 1. The first-order valence-electron chi connectivity index (χ1n) is 3.82. The van der Waals surface area contributed by atoms with Crippen molar-refractivity contribution in [3.05, 3.63) is 29.3 Å². The predicted octanol–water partition coefficient (Wildman–Crippen LogP) is 1.71. The monoisotopic (exact) mass is 221 g/mol. The molecule has 0 aromatic heterocycles. The molecule has 0 fully saturated rings. The number of hydrogen-bond acceptors (Lipinski definition) is 3. The summed E-state index contributed by atoms with van der Waals surface area (Å²) in [7, 11) is 1.00. The first-order chi connectivity index (χ1) is 6.95. The van der Waals surface area contributed by atoms with Gasteiger partial charge in [0.05, 0.1) is 5.56 Å². The van der Waals surface area contributed by atoms with E-state index < -0.39 is 17.4 Å². The number of anilines is 1. The van der Waals surface area contributed by atoms with E-state index in [2.05, 4.69) is 0 Å². The van der Waals surface area contributed by atoms with E-state index in [0.717, 1.165) is 25.3 Å². The molecule has 6 heteroatoms. The first-order valence-corrected chi connectivity index (χ1v) is 3.82. The molecule has 0 aliphatic rings. The number of halogens is 3. The maximum absolute atomic E-state index is 12.1. The second-order valence-corrected chi connectivity index (χ2v) is 2.46. The largest absolute Gasteiger partial charge is 0.418 e. The van der Waals surface area contributed by atoms with Gasteiger partial charge in [0.2, 0.25) is 0 Å². The van der Waals surface area contributed by atoms with Gasteiger partial charge in [0.25, 0.3) is 0 Å². The molecule has 3 nitrogen and oxygen atoms in total. The SMILES string of the molecule is CO.Nc1cc(C=O)ccc1C(F)(F)F.